The lowest BCUT2D eigenvalue weighted by Crippen LogP contribution is -2.44. The Hall–Kier alpha value is -5.44. The number of aliphatic hydroxyl groups excluding tert-OH is 1. The molecule has 7 rings (SSSR count). The van der Waals surface area contributed by atoms with Crippen LogP contribution in [0.4, 0.5) is 16.2 Å². The molecule has 3 aromatic rings. The van der Waals surface area contributed by atoms with Crippen LogP contribution in [-0.4, -0.2) is 118 Å². The van der Waals surface area contributed by atoms with Crippen LogP contribution in [0.25, 0.3) is 22.3 Å². The minimum Gasteiger partial charge on any atom is -0.453 e. The fourth-order valence-electron chi connectivity index (χ4n) is 9.87. The molecule has 3 amide bonds. The van der Waals surface area contributed by atoms with Gasteiger partial charge in [0, 0.05) is 25.0 Å². The third kappa shape index (κ3) is 13.4. The lowest BCUT2D eigenvalue weighted by molar-refractivity contribution is -0.144. The van der Waals surface area contributed by atoms with Crippen molar-refractivity contribution in [2.24, 2.45) is 17.6 Å². The molecule has 0 spiro atoms. The molecule has 2 aliphatic heterocycles. The number of hydrogen-bond acceptors (Lipinski definition) is 11. The summed E-state index contributed by atoms with van der Waals surface area (Å²) >= 11 is 0. The molecule has 2 fully saturated rings. The second kappa shape index (κ2) is 25.8. The molecule has 3 aromatic carbocycles. The van der Waals surface area contributed by atoms with Gasteiger partial charge in [0.15, 0.2) is 0 Å². The van der Waals surface area contributed by atoms with Crippen LogP contribution in [0.15, 0.2) is 48.5 Å². The molecule has 0 radical (unpaired) electrons. The number of aldehydes is 2. The summed E-state index contributed by atoms with van der Waals surface area (Å²) in [6, 6.07) is 16.8. The first-order valence-corrected chi connectivity index (χ1v) is 24.0. The van der Waals surface area contributed by atoms with E-state index < -0.39 is 18.2 Å². The van der Waals surface area contributed by atoms with Crippen LogP contribution >= 0.6 is 0 Å². The van der Waals surface area contributed by atoms with Gasteiger partial charge in [0.25, 0.3) is 5.91 Å². The first-order valence-electron chi connectivity index (χ1n) is 24.0. The first-order chi connectivity index (χ1) is 32.3. The van der Waals surface area contributed by atoms with Gasteiger partial charge >= 0.3 is 6.09 Å². The Kier molecular flexibility index (Phi) is 21.6. The van der Waals surface area contributed by atoms with Gasteiger partial charge in [0.2, 0.25) is 5.91 Å². The van der Waals surface area contributed by atoms with Crippen LogP contribution in [0.2, 0.25) is 0 Å². The predicted octanol–water partition coefficient (Wildman–Crippen LogP) is 7.69. The molecule has 0 aromatic heterocycles. The SMILES string of the molecule is C=O.CC(C)C(O)C(=O)N1CCCC1C=O.CN.CNc1cccc(-c2c3c(c(-c4cccc(NC(=O)C5CCCN5C)c4)c4c2C(C)(C)CC4)C(C)(C)CC3)c1.COC(=O)NC(C=O)C(C)C. The van der Waals surface area contributed by atoms with Crippen molar-refractivity contribution in [3.8, 4) is 22.3 Å². The number of anilines is 2. The molecule has 4 aliphatic rings. The van der Waals surface area contributed by atoms with Crippen molar-refractivity contribution >= 4 is 48.6 Å². The van der Waals surface area contributed by atoms with Crippen molar-refractivity contribution in [3.63, 3.8) is 0 Å². The fourth-order valence-corrected chi connectivity index (χ4v) is 9.87. The molecule has 14 nitrogen and oxygen atoms in total. The smallest absolute Gasteiger partial charge is 0.407 e. The summed E-state index contributed by atoms with van der Waals surface area (Å²) < 4.78 is 4.32. The molecule has 0 saturated carbocycles. The molecular formula is C54H80N6O8. The van der Waals surface area contributed by atoms with E-state index in [0.29, 0.717) is 12.8 Å². The maximum absolute atomic E-state index is 13.1. The van der Waals surface area contributed by atoms with Gasteiger partial charge in [-0.15, -0.1) is 0 Å². The van der Waals surface area contributed by atoms with Crippen LogP contribution in [0.5, 0.6) is 0 Å². The zero-order valence-electron chi connectivity index (χ0n) is 42.8. The molecule has 0 bridgehead atoms. The van der Waals surface area contributed by atoms with Gasteiger partial charge in [0.1, 0.15) is 25.5 Å². The number of rotatable bonds is 11. The highest BCUT2D eigenvalue weighted by molar-refractivity contribution is 5.96. The average Bonchev–Trinajstić information content (AvgIpc) is 4.14. The lowest BCUT2D eigenvalue weighted by atomic mass is 9.73. The maximum Gasteiger partial charge on any atom is 0.407 e. The van der Waals surface area contributed by atoms with E-state index in [-0.39, 0.29) is 46.6 Å². The van der Waals surface area contributed by atoms with Crippen molar-refractivity contribution < 1.29 is 38.6 Å². The van der Waals surface area contributed by atoms with E-state index in [1.165, 1.54) is 63.6 Å². The number of alkyl carbamates (subject to hydrolysis) is 1. The Balaban J connectivity index is 0.000000347. The number of nitrogens with two attached hydrogens (primary N) is 1. The van der Waals surface area contributed by atoms with E-state index in [4.69, 9.17) is 4.79 Å². The summed E-state index contributed by atoms with van der Waals surface area (Å²) in [5, 5.41) is 18.6. The van der Waals surface area contributed by atoms with E-state index in [9.17, 15) is 29.1 Å². The van der Waals surface area contributed by atoms with Crippen molar-refractivity contribution in [1.29, 1.82) is 0 Å². The summed E-state index contributed by atoms with van der Waals surface area (Å²) in [7, 11) is 6.82. The Bertz CT molecular complexity index is 2190. The normalized spacial score (nSPS) is 19.1. The van der Waals surface area contributed by atoms with E-state index in [2.05, 4.69) is 109 Å². The van der Waals surface area contributed by atoms with Gasteiger partial charge in [-0.05, 0) is 163 Å². The van der Waals surface area contributed by atoms with Gasteiger partial charge in [0.05, 0.1) is 25.2 Å². The number of fused-ring (bicyclic) bond motifs is 2. The Morgan fingerprint density at radius 3 is 1.78 bits per heavy atom. The second-order valence-corrected chi connectivity index (χ2v) is 19.9. The minimum atomic E-state index is -0.976. The molecule has 4 atom stereocenters. The van der Waals surface area contributed by atoms with Crippen molar-refractivity contribution in [3.05, 3.63) is 70.8 Å². The van der Waals surface area contributed by atoms with E-state index in [1.54, 1.807) is 13.8 Å². The molecule has 2 aliphatic carbocycles. The third-order valence-corrected chi connectivity index (χ3v) is 13.7. The number of carbonyl (C=O) groups is 6. The molecule has 68 heavy (non-hydrogen) atoms. The van der Waals surface area contributed by atoms with E-state index >= 15 is 0 Å². The molecular weight excluding hydrogens is 861 g/mol. The van der Waals surface area contributed by atoms with Gasteiger partial charge in [-0.25, -0.2) is 4.79 Å². The molecule has 6 N–H and O–H groups in total. The van der Waals surface area contributed by atoms with Crippen LogP contribution in [-0.2, 0) is 52.4 Å². The summed E-state index contributed by atoms with van der Waals surface area (Å²) in [5.41, 5.74) is 18.3. The number of amides is 3. The van der Waals surface area contributed by atoms with Gasteiger partial charge in [-0.3, -0.25) is 14.5 Å². The van der Waals surface area contributed by atoms with Crippen LogP contribution in [0.3, 0.4) is 0 Å². The Morgan fingerprint density at radius 2 is 1.34 bits per heavy atom. The molecule has 2 heterocycles. The van der Waals surface area contributed by atoms with E-state index in [1.807, 2.05) is 33.8 Å². The number of nitrogens with one attached hydrogen (secondary N) is 3. The van der Waals surface area contributed by atoms with Gasteiger partial charge in [-0.1, -0.05) is 79.7 Å². The highest BCUT2D eigenvalue weighted by atomic mass is 16.5. The highest BCUT2D eigenvalue weighted by Gasteiger charge is 2.43. The number of carbonyl (C=O) groups excluding carboxylic acids is 6. The Morgan fingerprint density at radius 1 is 0.824 bits per heavy atom. The molecule has 4 unspecified atom stereocenters. The van der Waals surface area contributed by atoms with Crippen LogP contribution in [0.1, 0.15) is 116 Å². The van der Waals surface area contributed by atoms with Crippen molar-refractivity contribution in [2.45, 2.75) is 142 Å². The number of methoxy groups -OCH3 is 1. The highest BCUT2D eigenvalue weighted by Crippen LogP contribution is 2.56. The predicted molar refractivity (Wildman–Crippen MR) is 273 cm³/mol. The number of benzene rings is 3. The number of ether oxygens (including phenoxy) is 1. The van der Waals surface area contributed by atoms with Gasteiger partial charge < -0.3 is 50.8 Å². The fraction of sp³-hybridized carbons (Fsp3) is 0.556. The molecule has 2 saturated heterocycles. The van der Waals surface area contributed by atoms with E-state index in [0.717, 1.165) is 75.6 Å². The average molecular weight is 941 g/mol. The lowest BCUT2D eigenvalue weighted by Gasteiger charge is -2.31. The Labute approximate surface area is 405 Å². The third-order valence-electron chi connectivity index (χ3n) is 13.7. The largest absolute Gasteiger partial charge is 0.453 e. The number of nitrogens with zero attached hydrogens (tertiary/aromatic N) is 2. The van der Waals surface area contributed by atoms with Crippen LogP contribution in [0, 0.1) is 11.8 Å². The minimum absolute atomic E-state index is 0.0328. The summed E-state index contributed by atoms with van der Waals surface area (Å²) in [4.78, 5) is 68.0. The second-order valence-electron chi connectivity index (χ2n) is 19.9. The first kappa shape index (κ1) is 56.9. The number of aliphatic hydroxyl groups is 1. The van der Waals surface area contributed by atoms with Gasteiger partial charge in [-0.2, -0.15) is 0 Å². The monoisotopic (exact) mass is 941 g/mol. The summed E-state index contributed by atoms with van der Waals surface area (Å²) in [5.74, 6) is -0.208. The summed E-state index contributed by atoms with van der Waals surface area (Å²) in [6.07, 6.45) is 8.02. The zero-order chi connectivity index (χ0) is 51.1. The molecule has 374 valence electrons. The number of likely N-dealkylation sites (tertiary alicyclic amines) is 2. The number of hydrogen-bond donors (Lipinski definition) is 5. The topological polar surface area (TPSA) is 200 Å². The number of likely N-dealkylation sites (N-methyl/N-ethyl adjacent to an activating group) is 1. The maximum atomic E-state index is 13.1. The quantitative estimate of drug-likeness (QED) is 0.118. The van der Waals surface area contributed by atoms with Crippen molar-refractivity contribution in [2.75, 3.05) is 52.0 Å². The standard InChI is InChI=1S/C35H43N3O.C10H17NO3.C7H13NO3.CH5N.CH2O/c1-34(2)18-16-27-30(23-11-8-13-25(21-23)37-33(39)28-14-9-19-38(28)6)32-26(15-17-35(32,3)4)29(31(27)34)22-10-7-12-24(20-22)36-5;1-7(2)9(13)10(14)11-5-3-4-8(11)6-12;1-5(2)6(4-9)8-7(10)11-3;2*1-2/h7-8,10-13,20-21,28,36H,9,14-19H2,1-6H3,(H,37,39);6-9,13H,3-5H2,1-2H3;4-6H,1-3H3,(H,8,10);2H2,1H3;1H2. The summed E-state index contributed by atoms with van der Waals surface area (Å²) in [6.45, 7) is 20.5. The van der Waals surface area contributed by atoms with Crippen molar-refractivity contribution in [1.82, 2.24) is 15.1 Å². The molecule has 14 heteroatoms. The van der Waals surface area contributed by atoms with Crippen LogP contribution < -0.4 is 21.7 Å². The zero-order valence-corrected chi connectivity index (χ0v) is 42.8.